The minimum Gasteiger partial charge on any atom is -0.446 e. The first kappa shape index (κ1) is 14.9. The molecule has 0 radical (unpaired) electrons. The highest BCUT2D eigenvalue weighted by Crippen LogP contribution is 2.21. The third kappa shape index (κ3) is 3.33. The maximum atomic E-state index is 11.5. The Morgan fingerprint density at radius 2 is 2.00 bits per heavy atom. The normalized spacial score (nSPS) is 11.6. The van der Waals surface area contributed by atoms with Crippen LogP contribution >= 0.6 is 11.6 Å². The van der Waals surface area contributed by atoms with Gasteiger partial charge in [-0.2, -0.15) is 0 Å². The summed E-state index contributed by atoms with van der Waals surface area (Å²) in [5.41, 5.74) is 1.93. The van der Waals surface area contributed by atoms with Crippen LogP contribution in [0.2, 0.25) is 5.02 Å². The van der Waals surface area contributed by atoms with Crippen molar-refractivity contribution in [2.75, 3.05) is 12.4 Å². The summed E-state index contributed by atoms with van der Waals surface area (Å²) in [6.07, 6.45) is 0. The highest BCUT2D eigenvalue weighted by atomic mass is 35.5. The molecule has 2 N–H and O–H groups in total. The van der Waals surface area contributed by atoms with E-state index < -0.39 is 10.0 Å². The van der Waals surface area contributed by atoms with Crippen LogP contribution in [0.15, 0.2) is 39.8 Å². The number of rotatable bonds is 5. The van der Waals surface area contributed by atoms with Crippen LogP contribution in [0, 0.1) is 6.92 Å². The van der Waals surface area contributed by atoms with Gasteiger partial charge in [0.15, 0.2) is 0 Å². The van der Waals surface area contributed by atoms with Crippen LogP contribution < -0.4 is 10.0 Å². The van der Waals surface area contributed by atoms with Crippen molar-refractivity contribution in [3.63, 3.8) is 0 Å². The maximum absolute atomic E-state index is 11.5. The van der Waals surface area contributed by atoms with Crippen LogP contribution in [0.5, 0.6) is 0 Å². The molecule has 0 fully saturated rings. The first-order valence-electron chi connectivity index (χ1n) is 5.94. The average molecular weight is 315 g/mol. The van der Waals surface area contributed by atoms with E-state index in [-0.39, 0.29) is 5.09 Å². The van der Waals surface area contributed by atoms with Gasteiger partial charge in [0.1, 0.15) is 5.76 Å². The molecule has 20 heavy (non-hydrogen) atoms. The SMILES string of the molecule is CNS(=O)(=O)c1ccc(CNc2ccc(Cl)cc2C)o1. The van der Waals surface area contributed by atoms with Crippen LogP contribution in [-0.2, 0) is 16.6 Å². The Morgan fingerprint density at radius 3 is 2.65 bits per heavy atom. The quantitative estimate of drug-likeness (QED) is 0.890. The van der Waals surface area contributed by atoms with Gasteiger partial charge < -0.3 is 9.73 Å². The highest BCUT2D eigenvalue weighted by molar-refractivity contribution is 7.89. The Balaban J connectivity index is 2.08. The summed E-state index contributed by atoms with van der Waals surface area (Å²) in [5, 5.41) is 3.75. The molecule has 2 rings (SSSR count). The second-order valence-corrected chi connectivity index (χ2v) is 6.50. The molecule has 0 aliphatic carbocycles. The van der Waals surface area contributed by atoms with E-state index in [1.807, 2.05) is 19.1 Å². The van der Waals surface area contributed by atoms with Crippen molar-refractivity contribution >= 4 is 27.3 Å². The van der Waals surface area contributed by atoms with E-state index >= 15 is 0 Å². The molecule has 0 spiro atoms. The third-order valence-corrected chi connectivity index (χ3v) is 4.33. The predicted molar refractivity (Wildman–Crippen MR) is 78.5 cm³/mol. The third-order valence-electron chi connectivity index (χ3n) is 2.81. The van der Waals surface area contributed by atoms with Crippen LogP contribution in [0.25, 0.3) is 0 Å². The van der Waals surface area contributed by atoms with Crippen molar-refractivity contribution < 1.29 is 12.8 Å². The molecule has 0 atom stereocenters. The molecule has 5 nitrogen and oxygen atoms in total. The lowest BCUT2D eigenvalue weighted by molar-refractivity contribution is 0.417. The Bertz CT molecular complexity index is 710. The number of halogens is 1. The zero-order valence-electron chi connectivity index (χ0n) is 11.1. The molecule has 0 saturated carbocycles. The van der Waals surface area contributed by atoms with Crippen LogP contribution in [0.4, 0.5) is 5.69 Å². The van der Waals surface area contributed by atoms with Gasteiger partial charge in [-0.05, 0) is 49.9 Å². The number of aryl methyl sites for hydroxylation is 1. The molecule has 0 saturated heterocycles. The average Bonchev–Trinajstić information content (AvgIpc) is 2.87. The number of furan rings is 1. The summed E-state index contributed by atoms with van der Waals surface area (Å²) in [7, 11) is -2.20. The Labute approximate surface area is 123 Å². The fourth-order valence-corrected chi connectivity index (χ4v) is 2.60. The second-order valence-electron chi connectivity index (χ2n) is 4.24. The van der Waals surface area contributed by atoms with E-state index in [0.29, 0.717) is 17.3 Å². The minimum atomic E-state index is -3.54. The zero-order valence-corrected chi connectivity index (χ0v) is 12.7. The van der Waals surface area contributed by atoms with E-state index in [1.54, 1.807) is 12.1 Å². The fraction of sp³-hybridized carbons (Fsp3) is 0.231. The van der Waals surface area contributed by atoms with Crippen molar-refractivity contribution in [2.45, 2.75) is 18.6 Å². The van der Waals surface area contributed by atoms with Crippen molar-refractivity contribution in [1.29, 1.82) is 0 Å². The van der Waals surface area contributed by atoms with Crippen LogP contribution in [-0.4, -0.2) is 15.5 Å². The van der Waals surface area contributed by atoms with Gasteiger partial charge in [-0.3, -0.25) is 0 Å². The largest absolute Gasteiger partial charge is 0.446 e. The summed E-state index contributed by atoms with van der Waals surface area (Å²) in [6, 6.07) is 8.56. The standard InChI is InChI=1S/C13H15ClN2O3S/c1-9-7-10(14)3-5-12(9)16-8-11-4-6-13(19-11)20(17,18)15-2/h3-7,15-16H,8H2,1-2H3. The van der Waals surface area contributed by atoms with Gasteiger partial charge in [-0.25, -0.2) is 13.1 Å². The van der Waals surface area contributed by atoms with E-state index in [2.05, 4.69) is 10.0 Å². The molecule has 0 amide bonds. The van der Waals surface area contributed by atoms with E-state index in [1.165, 1.54) is 13.1 Å². The lowest BCUT2D eigenvalue weighted by Crippen LogP contribution is -2.17. The van der Waals surface area contributed by atoms with Gasteiger partial charge in [0.25, 0.3) is 10.0 Å². The zero-order chi connectivity index (χ0) is 14.8. The minimum absolute atomic E-state index is 0.0929. The van der Waals surface area contributed by atoms with E-state index in [4.69, 9.17) is 16.0 Å². The summed E-state index contributed by atoms with van der Waals surface area (Å²) < 4.78 is 30.6. The molecular weight excluding hydrogens is 300 g/mol. The van der Waals surface area contributed by atoms with Gasteiger partial charge >= 0.3 is 0 Å². The first-order chi connectivity index (χ1) is 9.42. The van der Waals surface area contributed by atoms with Gasteiger partial charge in [-0.15, -0.1) is 0 Å². The monoisotopic (exact) mass is 314 g/mol. The molecule has 1 aromatic carbocycles. The second kappa shape index (κ2) is 5.87. The molecule has 1 heterocycles. The number of benzene rings is 1. The molecule has 0 unspecified atom stereocenters. The smallest absolute Gasteiger partial charge is 0.273 e. The summed E-state index contributed by atoms with van der Waals surface area (Å²) in [6.45, 7) is 2.33. The van der Waals surface area contributed by atoms with Gasteiger partial charge in [0, 0.05) is 10.7 Å². The first-order valence-corrected chi connectivity index (χ1v) is 7.81. The molecule has 0 aliphatic heterocycles. The highest BCUT2D eigenvalue weighted by Gasteiger charge is 2.16. The molecular formula is C13H15ClN2O3S. The number of nitrogens with one attached hydrogen (secondary N) is 2. The fourth-order valence-electron chi connectivity index (χ4n) is 1.71. The number of hydrogen-bond donors (Lipinski definition) is 2. The van der Waals surface area contributed by atoms with E-state index in [0.717, 1.165) is 11.3 Å². The molecule has 2 aromatic rings. The molecule has 108 valence electrons. The Hall–Kier alpha value is -1.50. The summed E-state index contributed by atoms with van der Waals surface area (Å²) in [4.78, 5) is 0. The number of anilines is 1. The lowest BCUT2D eigenvalue weighted by atomic mass is 10.2. The molecule has 0 aliphatic rings. The lowest BCUT2D eigenvalue weighted by Gasteiger charge is -2.08. The predicted octanol–water partition coefficient (Wildman–Crippen LogP) is 2.76. The molecule has 0 bridgehead atoms. The van der Waals surface area contributed by atoms with Crippen molar-refractivity contribution in [3.05, 3.63) is 46.7 Å². The van der Waals surface area contributed by atoms with Crippen LogP contribution in [0.1, 0.15) is 11.3 Å². The topological polar surface area (TPSA) is 71.3 Å². The Kier molecular flexibility index (Phi) is 4.37. The number of hydrogen-bond acceptors (Lipinski definition) is 4. The number of sulfonamides is 1. The Morgan fingerprint density at radius 1 is 1.25 bits per heavy atom. The van der Waals surface area contributed by atoms with E-state index in [9.17, 15) is 8.42 Å². The van der Waals surface area contributed by atoms with Crippen LogP contribution in [0.3, 0.4) is 0 Å². The summed E-state index contributed by atoms with van der Waals surface area (Å²) >= 11 is 5.88. The van der Waals surface area contributed by atoms with Gasteiger partial charge in [0.05, 0.1) is 6.54 Å². The van der Waals surface area contributed by atoms with Gasteiger partial charge in [-0.1, -0.05) is 11.6 Å². The van der Waals surface area contributed by atoms with Crippen molar-refractivity contribution in [2.24, 2.45) is 0 Å². The van der Waals surface area contributed by atoms with Gasteiger partial charge in [0.2, 0.25) is 5.09 Å². The molecule has 1 aromatic heterocycles. The summed E-state index contributed by atoms with van der Waals surface area (Å²) in [5.74, 6) is 0.535. The molecule has 7 heteroatoms. The maximum Gasteiger partial charge on any atom is 0.273 e. The van der Waals surface area contributed by atoms with Crippen molar-refractivity contribution in [1.82, 2.24) is 4.72 Å². The van der Waals surface area contributed by atoms with Crippen molar-refractivity contribution in [3.8, 4) is 0 Å².